The van der Waals surface area contributed by atoms with E-state index < -0.39 is 0 Å². The molecule has 0 radical (unpaired) electrons. The molecule has 2 rings (SSSR count). The van der Waals surface area contributed by atoms with Crippen molar-refractivity contribution >= 4 is 23.3 Å². The number of hydrogen-bond donors (Lipinski definition) is 0. The number of carbonyl (C=O) groups is 1. The summed E-state index contributed by atoms with van der Waals surface area (Å²) in [6.07, 6.45) is 0.826. The predicted octanol–water partition coefficient (Wildman–Crippen LogP) is 4.48. The summed E-state index contributed by atoms with van der Waals surface area (Å²) in [5, 5.41) is 0.696. The van der Waals surface area contributed by atoms with Crippen LogP contribution in [0.4, 0.5) is 0 Å². The van der Waals surface area contributed by atoms with Gasteiger partial charge in [0.15, 0.2) is 0 Å². The summed E-state index contributed by atoms with van der Waals surface area (Å²) >= 11 is 5.91. The summed E-state index contributed by atoms with van der Waals surface area (Å²) in [5.74, 6) is -0.242. The van der Waals surface area contributed by atoms with Crippen molar-refractivity contribution < 1.29 is 9.53 Å². The first-order chi connectivity index (χ1) is 11.2. The number of benzene rings is 2. The molecule has 2 aromatic carbocycles. The number of hydrogen-bond acceptors (Lipinski definition) is 3. The molecule has 0 atom stereocenters. The molecule has 0 heterocycles. The fourth-order valence-electron chi connectivity index (χ4n) is 2.18. The average molecular weight is 330 g/mol. The van der Waals surface area contributed by atoms with Crippen molar-refractivity contribution in [2.45, 2.75) is 26.3 Å². The minimum absolute atomic E-state index is 0.212. The standard InChI is InChI=1S/C19H20ClNO2/c1-2-23-19(22)13-18(12-15-8-10-17(20)11-9-15)21-14-16-6-4-3-5-7-16/h3-11H,2,12-14H2,1H3. The molecule has 120 valence electrons. The van der Waals surface area contributed by atoms with E-state index in [1.54, 1.807) is 6.92 Å². The molecule has 0 spiro atoms. The van der Waals surface area contributed by atoms with Crippen molar-refractivity contribution in [3.63, 3.8) is 0 Å². The van der Waals surface area contributed by atoms with E-state index in [9.17, 15) is 4.79 Å². The highest BCUT2D eigenvalue weighted by Crippen LogP contribution is 2.12. The quantitative estimate of drug-likeness (QED) is 0.555. The normalized spacial score (nSPS) is 11.3. The highest BCUT2D eigenvalue weighted by molar-refractivity contribution is 6.30. The van der Waals surface area contributed by atoms with Crippen molar-refractivity contribution in [3.05, 3.63) is 70.7 Å². The van der Waals surface area contributed by atoms with Crippen LogP contribution in [0.1, 0.15) is 24.5 Å². The van der Waals surface area contributed by atoms with Crippen LogP contribution in [-0.4, -0.2) is 18.3 Å². The van der Waals surface area contributed by atoms with Gasteiger partial charge in [-0.3, -0.25) is 9.79 Å². The highest BCUT2D eigenvalue weighted by atomic mass is 35.5. The van der Waals surface area contributed by atoms with E-state index in [4.69, 9.17) is 16.3 Å². The zero-order valence-electron chi connectivity index (χ0n) is 13.2. The first-order valence-corrected chi connectivity index (χ1v) is 8.01. The number of nitrogens with zero attached hydrogens (tertiary/aromatic N) is 1. The van der Waals surface area contributed by atoms with Gasteiger partial charge in [-0.2, -0.15) is 0 Å². The Morgan fingerprint density at radius 3 is 2.39 bits per heavy atom. The van der Waals surface area contributed by atoms with Gasteiger partial charge in [0.1, 0.15) is 0 Å². The minimum Gasteiger partial charge on any atom is -0.466 e. The highest BCUT2D eigenvalue weighted by Gasteiger charge is 2.09. The van der Waals surface area contributed by atoms with Gasteiger partial charge in [0.2, 0.25) is 0 Å². The Balaban J connectivity index is 2.10. The lowest BCUT2D eigenvalue weighted by molar-refractivity contribution is -0.141. The Bertz CT molecular complexity index is 651. The van der Waals surface area contributed by atoms with Crippen molar-refractivity contribution in [2.24, 2.45) is 4.99 Å². The Hall–Kier alpha value is -2.13. The fraction of sp³-hybridized carbons (Fsp3) is 0.263. The molecule has 23 heavy (non-hydrogen) atoms. The van der Waals surface area contributed by atoms with Crippen molar-refractivity contribution in [2.75, 3.05) is 6.61 Å². The molecule has 0 saturated carbocycles. The van der Waals surface area contributed by atoms with Gasteiger partial charge in [0.05, 0.1) is 19.6 Å². The van der Waals surface area contributed by atoms with Crippen LogP contribution in [-0.2, 0) is 22.5 Å². The number of ether oxygens (including phenoxy) is 1. The second kappa shape index (κ2) is 9.11. The summed E-state index contributed by atoms with van der Waals surface area (Å²) in [7, 11) is 0. The van der Waals surface area contributed by atoms with Crippen molar-refractivity contribution in [1.29, 1.82) is 0 Å². The first-order valence-electron chi connectivity index (χ1n) is 7.63. The molecule has 0 bridgehead atoms. The second-order valence-electron chi connectivity index (χ2n) is 5.15. The molecule has 0 amide bonds. The fourth-order valence-corrected chi connectivity index (χ4v) is 2.30. The van der Waals surface area contributed by atoms with E-state index in [1.165, 1.54) is 0 Å². The molecule has 0 aliphatic carbocycles. The van der Waals surface area contributed by atoms with Crippen LogP contribution in [0.25, 0.3) is 0 Å². The molecule has 0 saturated heterocycles. The maximum Gasteiger partial charge on any atom is 0.311 e. The van der Waals surface area contributed by atoms with Gasteiger partial charge in [0.25, 0.3) is 0 Å². The number of halogens is 1. The molecular formula is C19H20ClNO2. The Morgan fingerprint density at radius 2 is 1.74 bits per heavy atom. The van der Waals surface area contributed by atoms with Gasteiger partial charge < -0.3 is 4.74 Å². The van der Waals surface area contributed by atoms with Crippen LogP contribution in [0.15, 0.2) is 59.6 Å². The predicted molar refractivity (Wildman–Crippen MR) is 94.0 cm³/mol. The first kappa shape index (κ1) is 17.2. The minimum atomic E-state index is -0.242. The number of carbonyl (C=O) groups excluding carboxylic acids is 1. The average Bonchev–Trinajstić information content (AvgIpc) is 2.56. The zero-order chi connectivity index (χ0) is 16.5. The summed E-state index contributed by atoms with van der Waals surface area (Å²) in [4.78, 5) is 16.4. The Kier molecular flexibility index (Phi) is 6.82. The maximum atomic E-state index is 11.8. The molecule has 4 heteroatoms. The lowest BCUT2D eigenvalue weighted by Crippen LogP contribution is -2.14. The third-order valence-corrected chi connectivity index (χ3v) is 3.56. The van der Waals surface area contributed by atoms with E-state index in [0.29, 0.717) is 24.6 Å². The summed E-state index contributed by atoms with van der Waals surface area (Å²) in [5.41, 5.74) is 3.00. The van der Waals surface area contributed by atoms with E-state index >= 15 is 0 Å². The van der Waals surface area contributed by atoms with Gasteiger partial charge in [-0.25, -0.2) is 0 Å². The topological polar surface area (TPSA) is 38.7 Å². The van der Waals surface area contributed by atoms with Gasteiger partial charge in [-0.15, -0.1) is 0 Å². The number of rotatable bonds is 7. The van der Waals surface area contributed by atoms with Gasteiger partial charge in [-0.1, -0.05) is 54.1 Å². The van der Waals surface area contributed by atoms with Gasteiger partial charge in [0, 0.05) is 17.2 Å². The van der Waals surface area contributed by atoms with Crippen LogP contribution in [0.5, 0.6) is 0 Å². The lowest BCUT2D eigenvalue weighted by Gasteiger charge is -2.08. The SMILES string of the molecule is CCOC(=O)CC(Cc1ccc(Cl)cc1)=NCc1ccccc1. The molecule has 3 nitrogen and oxygen atoms in total. The molecule has 0 aromatic heterocycles. The monoisotopic (exact) mass is 329 g/mol. The zero-order valence-corrected chi connectivity index (χ0v) is 13.9. The van der Waals surface area contributed by atoms with E-state index in [1.807, 2.05) is 54.6 Å². The van der Waals surface area contributed by atoms with Crippen molar-refractivity contribution in [3.8, 4) is 0 Å². The van der Waals surface area contributed by atoms with Crippen LogP contribution in [0.3, 0.4) is 0 Å². The van der Waals surface area contributed by atoms with E-state index in [-0.39, 0.29) is 12.4 Å². The molecular weight excluding hydrogens is 310 g/mol. The second-order valence-corrected chi connectivity index (χ2v) is 5.59. The van der Waals surface area contributed by atoms with Crippen LogP contribution in [0, 0.1) is 0 Å². The maximum absolute atomic E-state index is 11.8. The van der Waals surface area contributed by atoms with Gasteiger partial charge >= 0.3 is 5.97 Å². The number of aliphatic imine (C=N–C) groups is 1. The molecule has 0 N–H and O–H groups in total. The van der Waals surface area contributed by atoms with E-state index in [2.05, 4.69) is 4.99 Å². The summed E-state index contributed by atoms with van der Waals surface area (Å²) in [6.45, 7) is 2.74. The molecule has 0 aliphatic heterocycles. The summed E-state index contributed by atoms with van der Waals surface area (Å²) < 4.78 is 5.04. The molecule has 2 aromatic rings. The van der Waals surface area contributed by atoms with Crippen LogP contribution in [0.2, 0.25) is 5.02 Å². The third kappa shape index (κ3) is 6.25. The molecule has 0 aliphatic rings. The lowest BCUT2D eigenvalue weighted by atomic mass is 10.1. The summed E-state index contributed by atoms with van der Waals surface area (Å²) in [6, 6.07) is 17.6. The van der Waals surface area contributed by atoms with Crippen molar-refractivity contribution in [1.82, 2.24) is 0 Å². The smallest absolute Gasteiger partial charge is 0.311 e. The molecule has 0 unspecified atom stereocenters. The largest absolute Gasteiger partial charge is 0.466 e. The van der Waals surface area contributed by atoms with Gasteiger partial charge in [-0.05, 0) is 30.2 Å². The third-order valence-electron chi connectivity index (χ3n) is 3.30. The Morgan fingerprint density at radius 1 is 1.04 bits per heavy atom. The van der Waals surface area contributed by atoms with E-state index in [0.717, 1.165) is 16.8 Å². The Labute approximate surface area is 142 Å². The number of esters is 1. The van der Waals surface area contributed by atoms with Crippen LogP contribution < -0.4 is 0 Å². The molecule has 0 fully saturated rings. The van der Waals surface area contributed by atoms with Crippen LogP contribution >= 0.6 is 11.6 Å².